The first kappa shape index (κ1) is 16.6. The molecule has 0 heterocycles. The Kier molecular flexibility index (Phi) is 6.65. The normalized spacial score (nSPS) is 12.7. The van der Waals surface area contributed by atoms with Gasteiger partial charge in [-0.3, -0.25) is 0 Å². The van der Waals surface area contributed by atoms with Crippen molar-refractivity contribution in [3.05, 3.63) is 35.1 Å². The maximum atomic E-state index is 13.5. The van der Waals surface area contributed by atoms with Gasteiger partial charge in [-0.15, -0.1) is 0 Å². The number of carbonyl (C=O) groups is 1. The summed E-state index contributed by atoms with van der Waals surface area (Å²) in [6.45, 7) is 7.09. The van der Waals surface area contributed by atoms with E-state index in [0.29, 0.717) is 12.6 Å². The van der Waals surface area contributed by atoms with E-state index in [4.69, 9.17) is 5.11 Å². The Morgan fingerprint density at radius 3 is 2.55 bits per heavy atom. The molecule has 0 amide bonds. The molecule has 1 rings (SSSR count). The van der Waals surface area contributed by atoms with E-state index in [1.54, 1.807) is 6.07 Å². The quantitative estimate of drug-likeness (QED) is 0.761. The molecule has 1 aromatic carbocycles. The van der Waals surface area contributed by atoms with Crippen LogP contribution in [0.1, 0.15) is 56.0 Å². The van der Waals surface area contributed by atoms with Crippen molar-refractivity contribution in [1.82, 2.24) is 5.32 Å². The second kappa shape index (κ2) is 8.00. The van der Waals surface area contributed by atoms with Crippen LogP contribution in [0.3, 0.4) is 0 Å². The Morgan fingerprint density at radius 1 is 1.30 bits per heavy atom. The van der Waals surface area contributed by atoms with Gasteiger partial charge in [0.05, 0.1) is 5.56 Å². The van der Waals surface area contributed by atoms with Gasteiger partial charge in [0.2, 0.25) is 0 Å². The molecule has 1 atom stereocenters. The molecule has 0 bridgehead atoms. The monoisotopic (exact) mass is 281 g/mol. The predicted octanol–water partition coefficient (Wildman–Crippen LogP) is 3.83. The lowest BCUT2D eigenvalue weighted by Gasteiger charge is -2.14. The third kappa shape index (κ3) is 5.70. The summed E-state index contributed by atoms with van der Waals surface area (Å²) in [5, 5.41) is 12.1. The molecule has 1 unspecified atom stereocenters. The van der Waals surface area contributed by atoms with E-state index in [-0.39, 0.29) is 5.56 Å². The topological polar surface area (TPSA) is 49.3 Å². The zero-order valence-corrected chi connectivity index (χ0v) is 12.4. The van der Waals surface area contributed by atoms with Gasteiger partial charge in [0.25, 0.3) is 0 Å². The molecule has 0 saturated carbocycles. The molecule has 3 nitrogen and oxygen atoms in total. The van der Waals surface area contributed by atoms with Crippen LogP contribution in [0.4, 0.5) is 4.39 Å². The molecule has 0 fully saturated rings. The largest absolute Gasteiger partial charge is 0.478 e. The van der Waals surface area contributed by atoms with Crippen LogP contribution in [0.5, 0.6) is 0 Å². The zero-order chi connectivity index (χ0) is 15.1. The molecule has 0 aliphatic rings. The van der Waals surface area contributed by atoms with Gasteiger partial charge < -0.3 is 10.4 Å². The summed E-state index contributed by atoms with van der Waals surface area (Å²) < 4.78 is 13.5. The molecule has 0 spiro atoms. The van der Waals surface area contributed by atoms with Gasteiger partial charge in [-0.05, 0) is 37.0 Å². The Hall–Kier alpha value is -1.42. The summed E-state index contributed by atoms with van der Waals surface area (Å²) in [5.41, 5.74) is 0.488. The Morgan fingerprint density at radius 2 is 2.00 bits per heavy atom. The standard InChI is InChI=1S/C16H24FNO2/c1-11(2)5-4-6-12(3)18-10-13-7-8-14(16(19)20)15(17)9-13/h7-9,11-12,18H,4-6,10H2,1-3H3,(H,19,20). The second-order valence-electron chi connectivity index (χ2n) is 5.73. The average Bonchev–Trinajstić information content (AvgIpc) is 2.35. The molecule has 0 saturated heterocycles. The fourth-order valence-electron chi connectivity index (χ4n) is 2.07. The third-order valence-corrected chi connectivity index (χ3v) is 3.34. The van der Waals surface area contributed by atoms with E-state index in [1.807, 2.05) is 0 Å². The van der Waals surface area contributed by atoms with Gasteiger partial charge in [0, 0.05) is 12.6 Å². The maximum absolute atomic E-state index is 13.5. The molecule has 4 heteroatoms. The Labute approximate surface area is 120 Å². The number of hydrogen-bond donors (Lipinski definition) is 2. The van der Waals surface area contributed by atoms with E-state index in [9.17, 15) is 9.18 Å². The lowest BCUT2D eigenvalue weighted by Crippen LogP contribution is -2.25. The van der Waals surface area contributed by atoms with Gasteiger partial charge in [0.15, 0.2) is 0 Å². The SMILES string of the molecule is CC(C)CCCC(C)NCc1ccc(C(=O)O)c(F)c1. The van der Waals surface area contributed by atoms with E-state index in [2.05, 4.69) is 26.1 Å². The van der Waals surface area contributed by atoms with Crippen molar-refractivity contribution in [1.29, 1.82) is 0 Å². The lowest BCUT2D eigenvalue weighted by molar-refractivity contribution is 0.0692. The molecule has 1 aromatic rings. The number of benzene rings is 1. The summed E-state index contributed by atoms with van der Waals surface area (Å²) in [5.74, 6) is -1.19. The van der Waals surface area contributed by atoms with Gasteiger partial charge in [0.1, 0.15) is 5.82 Å². The summed E-state index contributed by atoms with van der Waals surface area (Å²) in [7, 11) is 0. The number of halogens is 1. The van der Waals surface area contributed by atoms with Crippen molar-refractivity contribution in [2.75, 3.05) is 0 Å². The number of nitrogens with one attached hydrogen (secondary N) is 1. The molecule has 0 aliphatic heterocycles. The minimum atomic E-state index is -1.23. The fraction of sp³-hybridized carbons (Fsp3) is 0.562. The lowest BCUT2D eigenvalue weighted by atomic mass is 10.0. The van der Waals surface area contributed by atoms with Crippen LogP contribution in [0, 0.1) is 11.7 Å². The van der Waals surface area contributed by atoms with Crippen molar-refractivity contribution in [2.45, 2.75) is 52.6 Å². The van der Waals surface area contributed by atoms with Crippen molar-refractivity contribution >= 4 is 5.97 Å². The third-order valence-electron chi connectivity index (χ3n) is 3.34. The van der Waals surface area contributed by atoms with Gasteiger partial charge in [-0.1, -0.05) is 32.8 Å². The van der Waals surface area contributed by atoms with E-state index in [0.717, 1.165) is 17.9 Å². The smallest absolute Gasteiger partial charge is 0.338 e. The zero-order valence-electron chi connectivity index (χ0n) is 12.4. The van der Waals surface area contributed by atoms with Crippen LogP contribution >= 0.6 is 0 Å². The highest BCUT2D eigenvalue weighted by atomic mass is 19.1. The highest BCUT2D eigenvalue weighted by Crippen LogP contribution is 2.12. The first-order valence-electron chi connectivity index (χ1n) is 7.15. The average molecular weight is 281 g/mol. The molecular weight excluding hydrogens is 257 g/mol. The van der Waals surface area contributed by atoms with Crippen LogP contribution in [-0.2, 0) is 6.54 Å². The Balaban J connectivity index is 2.41. The summed E-state index contributed by atoms with van der Waals surface area (Å²) in [4.78, 5) is 10.7. The van der Waals surface area contributed by atoms with Crippen LogP contribution < -0.4 is 5.32 Å². The predicted molar refractivity (Wildman–Crippen MR) is 78.4 cm³/mol. The molecule has 2 N–H and O–H groups in total. The number of hydrogen-bond acceptors (Lipinski definition) is 2. The van der Waals surface area contributed by atoms with E-state index < -0.39 is 11.8 Å². The van der Waals surface area contributed by atoms with Crippen molar-refractivity contribution in [2.24, 2.45) is 5.92 Å². The Bertz CT molecular complexity index is 446. The van der Waals surface area contributed by atoms with Crippen LogP contribution in [0.25, 0.3) is 0 Å². The molecular formula is C16H24FNO2. The van der Waals surface area contributed by atoms with Crippen LogP contribution in [-0.4, -0.2) is 17.1 Å². The first-order valence-corrected chi connectivity index (χ1v) is 7.15. The molecule has 0 aliphatic carbocycles. The highest BCUT2D eigenvalue weighted by molar-refractivity contribution is 5.87. The van der Waals surface area contributed by atoms with Crippen molar-refractivity contribution in [3.63, 3.8) is 0 Å². The van der Waals surface area contributed by atoms with Gasteiger partial charge >= 0.3 is 5.97 Å². The first-order chi connectivity index (χ1) is 9.40. The molecule has 112 valence electrons. The minimum absolute atomic E-state index is 0.279. The maximum Gasteiger partial charge on any atom is 0.338 e. The molecule has 0 aromatic heterocycles. The van der Waals surface area contributed by atoms with E-state index in [1.165, 1.54) is 25.0 Å². The molecule has 20 heavy (non-hydrogen) atoms. The van der Waals surface area contributed by atoms with Crippen LogP contribution in [0.15, 0.2) is 18.2 Å². The second-order valence-corrected chi connectivity index (χ2v) is 5.73. The fourth-order valence-corrected chi connectivity index (χ4v) is 2.07. The van der Waals surface area contributed by atoms with Crippen molar-refractivity contribution < 1.29 is 14.3 Å². The number of aromatic carboxylic acids is 1. The number of carboxylic acid groups (broad SMARTS) is 1. The van der Waals surface area contributed by atoms with Crippen LogP contribution in [0.2, 0.25) is 0 Å². The summed E-state index contributed by atoms with van der Waals surface area (Å²) >= 11 is 0. The minimum Gasteiger partial charge on any atom is -0.478 e. The number of carboxylic acids is 1. The van der Waals surface area contributed by atoms with Gasteiger partial charge in [-0.25, -0.2) is 9.18 Å². The van der Waals surface area contributed by atoms with Crippen molar-refractivity contribution in [3.8, 4) is 0 Å². The molecule has 0 radical (unpaired) electrons. The number of rotatable bonds is 8. The van der Waals surface area contributed by atoms with Gasteiger partial charge in [-0.2, -0.15) is 0 Å². The summed E-state index contributed by atoms with van der Waals surface area (Å²) in [6.07, 6.45) is 3.49. The van der Waals surface area contributed by atoms with E-state index >= 15 is 0 Å². The summed E-state index contributed by atoms with van der Waals surface area (Å²) in [6, 6.07) is 4.63. The highest BCUT2D eigenvalue weighted by Gasteiger charge is 2.10.